The monoisotopic (exact) mass is 227 g/mol. The zero-order chi connectivity index (χ0) is 10.6. The molecule has 0 unspecified atom stereocenters. The number of halogens is 3. The van der Waals surface area contributed by atoms with Crippen LogP contribution in [0.2, 0.25) is 0 Å². The van der Waals surface area contributed by atoms with Gasteiger partial charge in [-0.05, 0) is 0 Å². The van der Waals surface area contributed by atoms with Crippen LogP contribution < -0.4 is 5.32 Å². The molecule has 14 heavy (non-hydrogen) atoms. The van der Waals surface area contributed by atoms with Gasteiger partial charge in [-0.25, -0.2) is 0 Å². The molecule has 1 aromatic rings. The summed E-state index contributed by atoms with van der Waals surface area (Å²) in [5, 5.41) is 6.99. The van der Waals surface area contributed by atoms with Gasteiger partial charge < -0.3 is 10.1 Å². The van der Waals surface area contributed by atoms with Crippen LogP contribution in [0.25, 0.3) is 0 Å². The molecule has 0 aliphatic carbocycles. The fourth-order valence-electron chi connectivity index (χ4n) is 0.756. The third-order valence-electron chi connectivity index (χ3n) is 1.29. The van der Waals surface area contributed by atoms with Crippen LogP contribution in [-0.2, 0) is 11.3 Å². The maximum Gasteiger partial charge on any atom is 0.411 e. The molecule has 80 valence electrons. The second-order valence-corrected chi connectivity index (χ2v) is 3.16. The molecular weight excluding hydrogens is 219 g/mol. The van der Waals surface area contributed by atoms with E-state index in [0.717, 1.165) is 11.5 Å². The van der Waals surface area contributed by atoms with Gasteiger partial charge in [0.25, 0.3) is 0 Å². The van der Waals surface area contributed by atoms with E-state index >= 15 is 0 Å². The maximum atomic E-state index is 11.7. The average molecular weight is 227 g/mol. The minimum atomic E-state index is -4.30. The number of nitrogens with one attached hydrogen (secondary N) is 1. The summed E-state index contributed by atoms with van der Waals surface area (Å²) in [6, 6.07) is 0. The van der Waals surface area contributed by atoms with Crippen LogP contribution in [0.1, 0.15) is 5.69 Å². The van der Waals surface area contributed by atoms with Crippen molar-refractivity contribution < 1.29 is 17.9 Å². The Bertz CT molecular complexity index is 288. The van der Waals surface area contributed by atoms with Crippen molar-refractivity contribution in [1.82, 2.24) is 9.59 Å². The van der Waals surface area contributed by atoms with Crippen molar-refractivity contribution in [3.8, 4) is 0 Å². The zero-order valence-electron chi connectivity index (χ0n) is 7.26. The molecule has 0 saturated carbocycles. The van der Waals surface area contributed by atoms with Crippen molar-refractivity contribution in [1.29, 1.82) is 0 Å². The number of hydrogen-bond acceptors (Lipinski definition) is 5. The van der Waals surface area contributed by atoms with E-state index in [9.17, 15) is 13.2 Å². The Hall–Kier alpha value is -0.890. The minimum absolute atomic E-state index is 0.188. The van der Waals surface area contributed by atoms with Gasteiger partial charge in [0.15, 0.2) is 0 Å². The first kappa shape index (κ1) is 11.2. The molecule has 0 saturated heterocycles. The van der Waals surface area contributed by atoms with Gasteiger partial charge in [0.2, 0.25) is 0 Å². The third-order valence-corrected chi connectivity index (χ3v) is 2.07. The van der Waals surface area contributed by atoms with E-state index in [0.29, 0.717) is 10.7 Å². The van der Waals surface area contributed by atoms with E-state index < -0.39 is 12.8 Å². The van der Waals surface area contributed by atoms with Gasteiger partial charge in [-0.1, -0.05) is 4.49 Å². The van der Waals surface area contributed by atoms with Crippen LogP contribution >= 0.6 is 11.5 Å². The molecule has 8 heteroatoms. The molecule has 1 rings (SSSR count). The number of nitrogens with zero attached hydrogens (tertiary/aromatic N) is 2. The quantitative estimate of drug-likeness (QED) is 0.849. The van der Waals surface area contributed by atoms with Crippen molar-refractivity contribution in [2.45, 2.75) is 12.8 Å². The Morgan fingerprint density at radius 2 is 2.21 bits per heavy atom. The Labute approximate surface area is 82.2 Å². The summed E-state index contributed by atoms with van der Waals surface area (Å²) in [5.74, 6) is 0. The molecule has 0 fully saturated rings. The van der Waals surface area contributed by atoms with E-state index in [1.165, 1.54) is 0 Å². The summed E-state index contributed by atoms with van der Waals surface area (Å²) in [6.45, 7) is -1.46. The average Bonchev–Trinajstić information content (AvgIpc) is 2.49. The van der Waals surface area contributed by atoms with Crippen LogP contribution in [0, 0.1) is 0 Å². The SMILES string of the molecule is CNc1snnc1COCC(F)(F)F. The van der Waals surface area contributed by atoms with Gasteiger partial charge in [0, 0.05) is 18.6 Å². The van der Waals surface area contributed by atoms with Gasteiger partial charge in [-0.15, -0.1) is 5.10 Å². The predicted molar refractivity (Wildman–Crippen MR) is 45.2 cm³/mol. The van der Waals surface area contributed by atoms with Crippen LogP contribution in [0.4, 0.5) is 18.2 Å². The Morgan fingerprint density at radius 3 is 2.79 bits per heavy atom. The van der Waals surface area contributed by atoms with Crippen molar-refractivity contribution in [2.75, 3.05) is 19.0 Å². The van der Waals surface area contributed by atoms with Crippen molar-refractivity contribution in [2.24, 2.45) is 0 Å². The lowest BCUT2D eigenvalue weighted by molar-refractivity contribution is -0.176. The number of anilines is 1. The summed E-state index contributed by atoms with van der Waals surface area (Å²) >= 11 is 1.07. The molecule has 0 amide bonds. The van der Waals surface area contributed by atoms with Gasteiger partial charge in [0.05, 0.1) is 6.61 Å². The Morgan fingerprint density at radius 1 is 1.50 bits per heavy atom. The number of hydrogen-bond donors (Lipinski definition) is 1. The molecular formula is C6H8F3N3OS. The van der Waals surface area contributed by atoms with Crippen LogP contribution in [0.15, 0.2) is 0 Å². The summed E-state index contributed by atoms with van der Waals surface area (Å²) in [6.07, 6.45) is -4.30. The van der Waals surface area contributed by atoms with Crippen molar-refractivity contribution in [3.05, 3.63) is 5.69 Å². The molecule has 1 heterocycles. The third kappa shape index (κ3) is 3.46. The van der Waals surface area contributed by atoms with E-state index in [-0.39, 0.29) is 6.61 Å². The largest absolute Gasteiger partial charge is 0.411 e. The predicted octanol–water partition coefficient (Wildman–Crippen LogP) is 1.66. The lowest BCUT2D eigenvalue weighted by Crippen LogP contribution is -2.17. The highest BCUT2D eigenvalue weighted by Gasteiger charge is 2.27. The summed E-state index contributed by atoms with van der Waals surface area (Å²) in [4.78, 5) is 0. The molecule has 1 N–H and O–H groups in total. The van der Waals surface area contributed by atoms with E-state index in [1.54, 1.807) is 7.05 Å². The topological polar surface area (TPSA) is 47.0 Å². The second-order valence-electron chi connectivity index (χ2n) is 2.41. The number of ether oxygens (including phenoxy) is 1. The number of aromatic nitrogens is 2. The fraction of sp³-hybridized carbons (Fsp3) is 0.667. The number of rotatable bonds is 4. The fourth-order valence-corrected chi connectivity index (χ4v) is 1.27. The molecule has 4 nitrogen and oxygen atoms in total. The molecule has 0 bridgehead atoms. The first-order chi connectivity index (χ1) is 6.53. The Kier molecular flexibility index (Phi) is 3.64. The first-order valence-corrected chi connectivity index (χ1v) is 4.44. The lowest BCUT2D eigenvalue weighted by atomic mass is 10.5. The minimum Gasteiger partial charge on any atom is -0.377 e. The normalized spacial score (nSPS) is 11.7. The van der Waals surface area contributed by atoms with E-state index in [1.807, 2.05) is 0 Å². The molecule has 0 atom stereocenters. The molecule has 0 aliphatic heterocycles. The van der Waals surface area contributed by atoms with Crippen LogP contribution in [0.3, 0.4) is 0 Å². The summed E-state index contributed by atoms with van der Waals surface area (Å²) < 4.78 is 43.1. The second kappa shape index (κ2) is 4.56. The van der Waals surface area contributed by atoms with Gasteiger partial charge in [0.1, 0.15) is 17.3 Å². The smallest absolute Gasteiger partial charge is 0.377 e. The molecule has 0 spiro atoms. The highest BCUT2D eigenvalue weighted by atomic mass is 32.1. The summed E-state index contributed by atoms with van der Waals surface area (Å²) in [5.41, 5.74) is 0.391. The van der Waals surface area contributed by atoms with Gasteiger partial charge in [-0.3, -0.25) is 0 Å². The van der Waals surface area contributed by atoms with E-state index in [4.69, 9.17) is 0 Å². The maximum absolute atomic E-state index is 11.7. The standard InChI is InChI=1S/C6H8F3N3OS/c1-10-5-4(11-12-14-5)2-13-3-6(7,8)9/h10H,2-3H2,1H3. The molecule has 0 aromatic carbocycles. The van der Waals surface area contributed by atoms with Crippen molar-refractivity contribution in [3.63, 3.8) is 0 Å². The number of alkyl halides is 3. The zero-order valence-corrected chi connectivity index (χ0v) is 8.08. The summed E-state index contributed by atoms with van der Waals surface area (Å²) in [7, 11) is 1.64. The highest BCUT2D eigenvalue weighted by Crippen LogP contribution is 2.19. The van der Waals surface area contributed by atoms with Crippen LogP contribution in [0.5, 0.6) is 0 Å². The highest BCUT2D eigenvalue weighted by molar-refractivity contribution is 7.10. The van der Waals surface area contributed by atoms with Crippen molar-refractivity contribution >= 4 is 16.5 Å². The van der Waals surface area contributed by atoms with E-state index in [2.05, 4.69) is 19.6 Å². The van der Waals surface area contributed by atoms with Crippen LogP contribution in [-0.4, -0.2) is 29.4 Å². The molecule has 1 aromatic heterocycles. The van der Waals surface area contributed by atoms with Gasteiger partial charge >= 0.3 is 6.18 Å². The lowest BCUT2D eigenvalue weighted by Gasteiger charge is -2.06. The molecule has 0 aliphatic rings. The molecule has 0 radical (unpaired) electrons. The Balaban J connectivity index is 2.38. The first-order valence-electron chi connectivity index (χ1n) is 3.66. The van der Waals surface area contributed by atoms with Gasteiger partial charge in [-0.2, -0.15) is 13.2 Å².